The number of hydrogen-bond donors (Lipinski definition) is 1. The van der Waals surface area contributed by atoms with Crippen molar-refractivity contribution in [2.75, 3.05) is 13.1 Å². The van der Waals surface area contributed by atoms with Crippen molar-refractivity contribution in [3.63, 3.8) is 0 Å². The van der Waals surface area contributed by atoms with E-state index in [0.717, 1.165) is 19.5 Å². The lowest BCUT2D eigenvalue weighted by Gasteiger charge is -2.33. The Hall–Kier alpha value is -1.67. The molecule has 2 aromatic carbocycles. The van der Waals surface area contributed by atoms with Gasteiger partial charge in [0.25, 0.3) is 0 Å². The molecule has 0 bridgehead atoms. The number of halogens is 1. The maximum Gasteiger partial charge on any atom is 0.123 e. The molecular weight excluding hydrogens is 249 g/mol. The maximum atomic E-state index is 13.1. The fraction of sp³-hybridized carbons (Fsp3) is 0.333. The summed E-state index contributed by atoms with van der Waals surface area (Å²) in [6.07, 6.45) is 1.10. The minimum Gasteiger partial charge on any atom is -0.316 e. The molecule has 0 radical (unpaired) electrons. The zero-order valence-corrected chi connectivity index (χ0v) is 11.8. The van der Waals surface area contributed by atoms with Crippen LogP contribution in [0.2, 0.25) is 0 Å². The van der Waals surface area contributed by atoms with Crippen LogP contribution in [0, 0.1) is 12.7 Å². The van der Waals surface area contributed by atoms with Gasteiger partial charge in [0, 0.05) is 12.5 Å². The Balaban J connectivity index is 1.90. The van der Waals surface area contributed by atoms with Crippen LogP contribution >= 0.6 is 0 Å². The maximum absolute atomic E-state index is 13.1. The first-order valence-corrected chi connectivity index (χ1v) is 7.27. The highest BCUT2D eigenvalue weighted by molar-refractivity contribution is 5.31. The van der Waals surface area contributed by atoms with Crippen LogP contribution in [-0.4, -0.2) is 13.1 Å². The number of hydrogen-bond acceptors (Lipinski definition) is 1. The normalized spacial score (nSPS) is 22.7. The van der Waals surface area contributed by atoms with Crippen molar-refractivity contribution >= 4 is 0 Å². The Kier molecular flexibility index (Phi) is 3.83. The lowest BCUT2D eigenvalue weighted by Crippen LogP contribution is -2.34. The summed E-state index contributed by atoms with van der Waals surface area (Å²) in [4.78, 5) is 0. The molecular formula is C18H20FN. The molecule has 1 saturated heterocycles. The predicted octanol–water partition coefficient (Wildman–Crippen LogP) is 3.99. The van der Waals surface area contributed by atoms with E-state index in [1.807, 2.05) is 12.1 Å². The van der Waals surface area contributed by atoms with Gasteiger partial charge < -0.3 is 5.32 Å². The van der Waals surface area contributed by atoms with Gasteiger partial charge in [-0.1, -0.05) is 42.0 Å². The number of piperidine rings is 1. The summed E-state index contributed by atoms with van der Waals surface area (Å²) >= 11 is 0. The Morgan fingerprint density at radius 2 is 1.50 bits per heavy atom. The van der Waals surface area contributed by atoms with Crippen LogP contribution in [0.15, 0.2) is 48.5 Å². The topological polar surface area (TPSA) is 12.0 Å². The van der Waals surface area contributed by atoms with Gasteiger partial charge in [-0.3, -0.25) is 0 Å². The molecule has 0 spiro atoms. The summed E-state index contributed by atoms with van der Waals surface area (Å²) in [6, 6.07) is 15.8. The summed E-state index contributed by atoms with van der Waals surface area (Å²) in [5, 5.41) is 3.48. The van der Waals surface area contributed by atoms with E-state index in [0.29, 0.717) is 11.8 Å². The lowest BCUT2D eigenvalue weighted by molar-refractivity contribution is 0.404. The van der Waals surface area contributed by atoms with Crippen molar-refractivity contribution < 1.29 is 4.39 Å². The zero-order chi connectivity index (χ0) is 13.9. The molecule has 1 fully saturated rings. The van der Waals surface area contributed by atoms with Crippen LogP contribution in [0.3, 0.4) is 0 Å². The number of aryl methyl sites for hydroxylation is 1. The molecule has 20 heavy (non-hydrogen) atoms. The largest absolute Gasteiger partial charge is 0.316 e. The molecule has 0 amide bonds. The van der Waals surface area contributed by atoms with Crippen molar-refractivity contribution in [1.82, 2.24) is 5.32 Å². The van der Waals surface area contributed by atoms with Crippen molar-refractivity contribution in [1.29, 1.82) is 0 Å². The minimum atomic E-state index is -0.158. The van der Waals surface area contributed by atoms with Gasteiger partial charge in [-0.05, 0) is 49.1 Å². The molecule has 2 heteroatoms. The molecule has 1 N–H and O–H groups in total. The average Bonchev–Trinajstić information content (AvgIpc) is 2.49. The SMILES string of the molecule is Cc1ccc(C2CNCCC2c2ccc(F)cc2)cc1. The van der Waals surface area contributed by atoms with E-state index in [-0.39, 0.29) is 5.82 Å². The highest BCUT2D eigenvalue weighted by Gasteiger charge is 2.27. The molecule has 2 aromatic rings. The molecule has 104 valence electrons. The molecule has 1 aliphatic heterocycles. The van der Waals surface area contributed by atoms with Gasteiger partial charge in [-0.25, -0.2) is 4.39 Å². The zero-order valence-electron chi connectivity index (χ0n) is 11.8. The van der Waals surface area contributed by atoms with Gasteiger partial charge in [0.1, 0.15) is 5.82 Å². The highest BCUT2D eigenvalue weighted by Crippen LogP contribution is 2.37. The van der Waals surface area contributed by atoms with Gasteiger partial charge in [-0.15, -0.1) is 0 Å². The Labute approximate surface area is 119 Å². The summed E-state index contributed by atoms with van der Waals surface area (Å²) in [6.45, 7) is 4.13. The van der Waals surface area contributed by atoms with Crippen molar-refractivity contribution in [3.05, 3.63) is 71.0 Å². The van der Waals surface area contributed by atoms with E-state index in [2.05, 4.69) is 36.5 Å². The Morgan fingerprint density at radius 1 is 0.900 bits per heavy atom. The molecule has 2 atom stereocenters. The molecule has 0 aromatic heterocycles. The number of benzene rings is 2. The first-order chi connectivity index (χ1) is 9.74. The minimum absolute atomic E-state index is 0.158. The molecule has 2 unspecified atom stereocenters. The quantitative estimate of drug-likeness (QED) is 0.869. The fourth-order valence-electron chi connectivity index (χ4n) is 3.13. The third-order valence-corrected chi connectivity index (χ3v) is 4.29. The Bertz CT molecular complexity index is 505. The van der Waals surface area contributed by atoms with Crippen molar-refractivity contribution in [2.45, 2.75) is 25.2 Å². The van der Waals surface area contributed by atoms with Gasteiger partial charge in [0.2, 0.25) is 0 Å². The van der Waals surface area contributed by atoms with Crippen LogP contribution in [0.25, 0.3) is 0 Å². The molecule has 0 saturated carbocycles. The standard InChI is InChI=1S/C18H20FN/c1-13-2-4-15(5-3-13)18-12-20-11-10-17(18)14-6-8-16(19)9-7-14/h2-9,17-18,20H,10-12H2,1H3. The van der Waals surface area contributed by atoms with E-state index in [1.165, 1.54) is 16.7 Å². The second-order valence-corrected chi connectivity index (χ2v) is 5.67. The van der Waals surface area contributed by atoms with Gasteiger partial charge in [0.05, 0.1) is 0 Å². The fourth-order valence-corrected chi connectivity index (χ4v) is 3.13. The first-order valence-electron chi connectivity index (χ1n) is 7.27. The van der Waals surface area contributed by atoms with E-state index in [9.17, 15) is 4.39 Å². The second kappa shape index (κ2) is 5.76. The Morgan fingerprint density at radius 3 is 2.20 bits per heavy atom. The van der Waals surface area contributed by atoms with E-state index >= 15 is 0 Å². The van der Waals surface area contributed by atoms with Crippen LogP contribution in [0.5, 0.6) is 0 Å². The molecule has 1 aliphatic rings. The monoisotopic (exact) mass is 269 g/mol. The number of rotatable bonds is 2. The van der Waals surface area contributed by atoms with Crippen LogP contribution in [0.4, 0.5) is 4.39 Å². The third kappa shape index (κ3) is 2.75. The molecule has 1 heterocycles. The van der Waals surface area contributed by atoms with E-state index < -0.39 is 0 Å². The van der Waals surface area contributed by atoms with Gasteiger partial charge in [-0.2, -0.15) is 0 Å². The average molecular weight is 269 g/mol. The molecule has 1 nitrogen and oxygen atoms in total. The summed E-state index contributed by atoms with van der Waals surface area (Å²) in [7, 11) is 0. The van der Waals surface area contributed by atoms with Crippen molar-refractivity contribution in [3.8, 4) is 0 Å². The second-order valence-electron chi connectivity index (χ2n) is 5.67. The van der Waals surface area contributed by atoms with Crippen molar-refractivity contribution in [2.24, 2.45) is 0 Å². The first kappa shape index (κ1) is 13.3. The molecule has 0 aliphatic carbocycles. The summed E-state index contributed by atoms with van der Waals surface area (Å²) in [5.74, 6) is 0.781. The lowest BCUT2D eigenvalue weighted by atomic mass is 9.77. The molecule has 3 rings (SSSR count). The summed E-state index contributed by atoms with van der Waals surface area (Å²) in [5.41, 5.74) is 3.91. The third-order valence-electron chi connectivity index (χ3n) is 4.29. The highest BCUT2D eigenvalue weighted by atomic mass is 19.1. The predicted molar refractivity (Wildman–Crippen MR) is 80.5 cm³/mol. The van der Waals surface area contributed by atoms with E-state index in [4.69, 9.17) is 0 Å². The van der Waals surface area contributed by atoms with Crippen LogP contribution < -0.4 is 5.32 Å². The number of nitrogens with one attached hydrogen (secondary N) is 1. The smallest absolute Gasteiger partial charge is 0.123 e. The van der Waals surface area contributed by atoms with E-state index in [1.54, 1.807) is 12.1 Å². The van der Waals surface area contributed by atoms with Gasteiger partial charge in [0.15, 0.2) is 0 Å². The summed E-state index contributed by atoms with van der Waals surface area (Å²) < 4.78 is 13.1. The van der Waals surface area contributed by atoms with Crippen LogP contribution in [0.1, 0.15) is 34.9 Å². The van der Waals surface area contributed by atoms with Crippen LogP contribution in [-0.2, 0) is 0 Å². The van der Waals surface area contributed by atoms with Gasteiger partial charge >= 0.3 is 0 Å².